The molecule has 1 atom stereocenters. The predicted octanol–water partition coefficient (Wildman–Crippen LogP) is 1.87. The van der Waals surface area contributed by atoms with E-state index in [-0.39, 0.29) is 6.04 Å². The Morgan fingerprint density at radius 1 is 1.21 bits per heavy atom. The highest BCUT2D eigenvalue weighted by Gasteiger charge is 2.11. The summed E-state index contributed by atoms with van der Waals surface area (Å²) in [5.74, 6) is 1.64. The maximum atomic E-state index is 5.79. The SMILES string of the molecule is CC(N)c1ccc2c(c1)OCCCO2. The molecule has 2 rings (SSSR count). The molecule has 0 saturated heterocycles. The monoisotopic (exact) mass is 193 g/mol. The van der Waals surface area contributed by atoms with Gasteiger partial charge in [-0.1, -0.05) is 6.07 Å². The maximum Gasteiger partial charge on any atom is 0.161 e. The number of rotatable bonds is 1. The lowest BCUT2D eigenvalue weighted by Crippen LogP contribution is -2.05. The Labute approximate surface area is 83.8 Å². The number of nitrogens with two attached hydrogens (primary N) is 1. The Kier molecular flexibility index (Phi) is 2.59. The second-order valence-electron chi connectivity index (χ2n) is 3.55. The van der Waals surface area contributed by atoms with E-state index in [9.17, 15) is 0 Å². The van der Waals surface area contributed by atoms with Gasteiger partial charge in [-0.3, -0.25) is 0 Å². The van der Waals surface area contributed by atoms with Gasteiger partial charge in [0.15, 0.2) is 11.5 Å². The van der Waals surface area contributed by atoms with Crippen molar-refractivity contribution in [3.8, 4) is 11.5 Å². The number of benzene rings is 1. The van der Waals surface area contributed by atoms with Gasteiger partial charge in [-0.2, -0.15) is 0 Å². The van der Waals surface area contributed by atoms with Crippen LogP contribution in [0.2, 0.25) is 0 Å². The first kappa shape index (κ1) is 9.34. The van der Waals surface area contributed by atoms with Crippen LogP contribution in [0.4, 0.5) is 0 Å². The van der Waals surface area contributed by atoms with E-state index in [4.69, 9.17) is 15.2 Å². The Morgan fingerprint density at radius 3 is 2.64 bits per heavy atom. The molecule has 76 valence electrons. The van der Waals surface area contributed by atoms with Crippen LogP contribution in [0.5, 0.6) is 11.5 Å². The average molecular weight is 193 g/mol. The Balaban J connectivity index is 2.32. The summed E-state index contributed by atoms with van der Waals surface area (Å²) in [5, 5.41) is 0. The molecule has 0 aromatic heterocycles. The fraction of sp³-hybridized carbons (Fsp3) is 0.455. The minimum Gasteiger partial charge on any atom is -0.490 e. The summed E-state index contributed by atoms with van der Waals surface area (Å²) in [7, 11) is 0. The molecule has 1 aromatic carbocycles. The molecular formula is C11H15NO2. The van der Waals surface area contributed by atoms with Gasteiger partial charge in [0.1, 0.15) is 0 Å². The van der Waals surface area contributed by atoms with Crippen molar-refractivity contribution in [2.24, 2.45) is 5.73 Å². The largest absolute Gasteiger partial charge is 0.490 e. The van der Waals surface area contributed by atoms with E-state index in [0.717, 1.165) is 36.7 Å². The van der Waals surface area contributed by atoms with Crippen molar-refractivity contribution in [2.45, 2.75) is 19.4 Å². The van der Waals surface area contributed by atoms with Crippen LogP contribution in [0.15, 0.2) is 18.2 Å². The highest BCUT2D eigenvalue weighted by molar-refractivity contribution is 5.44. The smallest absolute Gasteiger partial charge is 0.161 e. The van der Waals surface area contributed by atoms with E-state index in [1.165, 1.54) is 0 Å². The third kappa shape index (κ3) is 1.82. The van der Waals surface area contributed by atoms with E-state index in [0.29, 0.717) is 0 Å². The molecular weight excluding hydrogens is 178 g/mol. The van der Waals surface area contributed by atoms with Gasteiger partial charge >= 0.3 is 0 Å². The lowest BCUT2D eigenvalue weighted by molar-refractivity contribution is 0.297. The van der Waals surface area contributed by atoms with Crippen LogP contribution < -0.4 is 15.2 Å². The van der Waals surface area contributed by atoms with Crippen molar-refractivity contribution in [3.05, 3.63) is 23.8 Å². The number of ether oxygens (including phenoxy) is 2. The number of hydrogen-bond donors (Lipinski definition) is 1. The zero-order valence-corrected chi connectivity index (χ0v) is 8.32. The number of hydrogen-bond acceptors (Lipinski definition) is 3. The summed E-state index contributed by atoms with van der Waals surface area (Å²) in [6, 6.07) is 5.91. The quantitative estimate of drug-likeness (QED) is 0.740. The standard InChI is InChI=1S/C11H15NO2/c1-8(12)9-3-4-10-11(7-9)14-6-2-5-13-10/h3-4,7-8H,2,5-6,12H2,1H3. The van der Waals surface area contributed by atoms with Gasteiger partial charge in [-0.15, -0.1) is 0 Å². The van der Waals surface area contributed by atoms with Gasteiger partial charge in [0.2, 0.25) is 0 Å². The average Bonchev–Trinajstić information content (AvgIpc) is 2.41. The van der Waals surface area contributed by atoms with Crippen molar-refractivity contribution in [1.29, 1.82) is 0 Å². The molecule has 1 unspecified atom stereocenters. The van der Waals surface area contributed by atoms with Crippen LogP contribution in [0, 0.1) is 0 Å². The molecule has 3 heteroatoms. The second-order valence-corrected chi connectivity index (χ2v) is 3.55. The molecule has 0 bridgehead atoms. The Hall–Kier alpha value is -1.22. The zero-order chi connectivity index (χ0) is 9.97. The molecule has 1 heterocycles. The molecule has 0 saturated carbocycles. The van der Waals surface area contributed by atoms with E-state index in [2.05, 4.69) is 0 Å². The van der Waals surface area contributed by atoms with Crippen LogP contribution >= 0.6 is 0 Å². The van der Waals surface area contributed by atoms with Gasteiger partial charge in [0.05, 0.1) is 13.2 Å². The minimum absolute atomic E-state index is 0.0344. The fourth-order valence-electron chi connectivity index (χ4n) is 1.46. The van der Waals surface area contributed by atoms with Crippen LogP contribution in [0.1, 0.15) is 24.9 Å². The van der Waals surface area contributed by atoms with Gasteiger partial charge in [-0.25, -0.2) is 0 Å². The van der Waals surface area contributed by atoms with Gasteiger partial charge < -0.3 is 15.2 Å². The molecule has 1 aromatic rings. The van der Waals surface area contributed by atoms with Crippen molar-refractivity contribution >= 4 is 0 Å². The van der Waals surface area contributed by atoms with E-state index in [1.54, 1.807) is 0 Å². The summed E-state index contributed by atoms with van der Waals surface area (Å²) in [4.78, 5) is 0. The Morgan fingerprint density at radius 2 is 1.93 bits per heavy atom. The molecule has 1 aliphatic rings. The molecule has 0 spiro atoms. The topological polar surface area (TPSA) is 44.5 Å². The first-order valence-electron chi connectivity index (χ1n) is 4.92. The molecule has 0 fully saturated rings. The van der Waals surface area contributed by atoms with E-state index in [1.807, 2.05) is 25.1 Å². The molecule has 0 aliphatic carbocycles. The minimum atomic E-state index is 0.0344. The van der Waals surface area contributed by atoms with Crippen molar-refractivity contribution < 1.29 is 9.47 Å². The van der Waals surface area contributed by atoms with Crippen LogP contribution in [0.25, 0.3) is 0 Å². The summed E-state index contributed by atoms with van der Waals surface area (Å²) < 4.78 is 11.1. The molecule has 14 heavy (non-hydrogen) atoms. The lowest BCUT2D eigenvalue weighted by Gasteiger charge is -2.11. The van der Waals surface area contributed by atoms with Gasteiger partial charge in [-0.05, 0) is 24.6 Å². The first-order valence-corrected chi connectivity index (χ1v) is 4.92. The Bertz CT molecular complexity index is 323. The molecule has 2 N–H and O–H groups in total. The second kappa shape index (κ2) is 3.88. The highest BCUT2D eigenvalue weighted by Crippen LogP contribution is 2.31. The fourth-order valence-corrected chi connectivity index (χ4v) is 1.46. The van der Waals surface area contributed by atoms with Crippen LogP contribution in [0.3, 0.4) is 0 Å². The van der Waals surface area contributed by atoms with E-state index < -0.39 is 0 Å². The van der Waals surface area contributed by atoms with Crippen LogP contribution in [-0.4, -0.2) is 13.2 Å². The number of fused-ring (bicyclic) bond motifs is 1. The molecule has 0 radical (unpaired) electrons. The lowest BCUT2D eigenvalue weighted by atomic mass is 10.1. The van der Waals surface area contributed by atoms with Crippen LogP contribution in [-0.2, 0) is 0 Å². The molecule has 1 aliphatic heterocycles. The normalized spacial score (nSPS) is 17.3. The van der Waals surface area contributed by atoms with Gasteiger partial charge in [0, 0.05) is 12.5 Å². The molecule has 3 nitrogen and oxygen atoms in total. The van der Waals surface area contributed by atoms with Crippen molar-refractivity contribution in [1.82, 2.24) is 0 Å². The molecule has 0 amide bonds. The summed E-state index contributed by atoms with van der Waals surface area (Å²) >= 11 is 0. The third-order valence-electron chi connectivity index (χ3n) is 2.30. The summed E-state index contributed by atoms with van der Waals surface area (Å²) in [5.41, 5.74) is 6.87. The van der Waals surface area contributed by atoms with Crippen molar-refractivity contribution in [2.75, 3.05) is 13.2 Å². The third-order valence-corrected chi connectivity index (χ3v) is 2.30. The highest BCUT2D eigenvalue weighted by atomic mass is 16.5. The van der Waals surface area contributed by atoms with Gasteiger partial charge in [0.25, 0.3) is 0 Å². The predicted molar refractivity (Wildman–Crippen MR) is 54.7 cm³/mol. The maximum absolute atomic E-state index is 5.79. The first-order chi connectivity index (χ1) is 6.77. The van der Waals surface area contributed by atoms with E-state index >= 15 is 0 Å². The summed E-state index contributed by atoms with van der Waals surface area (Å²) in [6.45, 7) is 3.40. The summed E-state index contributed by atoms with van der Waals surface area (Å²) in [6.07, 6.45) is 0.933. The van der Waals surface area contributed by atoms with Crippen molar-refractivity contribution in [3.63, 3.8) is 0 Å². The zero-order valence-electron chi connectivity index (χ0n) is 8.32.